The summed E-state index contributed by atoms with van der Waals surface area (Å²) >= 11 is 0. The maximum atomic E-state index is 10.3. The van der Waals surface area contributed by atoms with E-state index >= 15 is 0 Å². The third-order valence-corrected chi connectivity index (χ3v) is 3.18. The van der Waals surface area contributed by atoms with Crippen LogP contribution in [0.2, 0.25) is 0 Å². The van der Waals surface area contributed by atoms with Crippen LogP contribution in [-0.4, -0.2) is 19.0 Å². The van der Waals surface area contributed by atoms with Gasteiger partial charge in [0.25, 0.3) is 0 Å². The zero-order chi connectivity index (χ0) is 11.2. The van der Waals surface area contributed by atoms with Crippen molar-refractivity contribution in [2.45, 2.75) is 25.0 Å². The molecule has 0 spiro atoms. The van der Waals surface area contributed by atoms with Crippen LogP contribution in [0.4, 0.5) is 0 Å². The molecule has 0 atom stereocenters. The Hall–Kier alpha value is -1.26. The second-order valence-corrected chi connectivity index (χ2v) is 4.26. The van der Waals surface area contributed by atoms with Crippen molar-refractivity contribution in [2.24, 2.45) is 0 Å². The second kappa shape index (κ2) is 3.37. The van der Waals surface area contributed by atoms with Gasteiger partial charge in [-0.2, -0.15) is 0 Å². The molecule has 3 rings (SSSR count). The maximum absolute atomic E-state index is 10.3. The highest BCUT2D eigenvalue weighted by atomic mass is 16.7. The standard InChI is InChI=1S/C12H14O4/c1-14-10-3-2-9-8(6-15-7-16-9)11(10)12(13)4-5-12/h2-3,13H,4-7H2,1H3. The zero-order valence-corrected chi connectivity index (χ0v) is 9.16. The molecule has 1 aromatic rings. The fourth-order valence-corrected chi connectivity index (χ4v) is 2.18. The number of ether oxygens (including phenoxy) is 3. The predicted molar refractivity (Wildman–Crippen MR) is 56.4 cm³/mol. The van der Waals surface area contributed by atoms with Crippen LogP contribution in [0.1, 0.15) is 24.0 Å². The van der Waals surface area contributed by atoms with Crippen LogP contribution in [0.5, 0.6) is 11.5 Å². The molecule has 1 heterocycles. The third kappa shape index (κ3) is 1.37. The van der Waals surface area contributed by atoms with Gasteiger partial charge in [0, 0.05) is 11.1 Å². The smallest absolute Gasteiger partial charge is 0.189 e. The van der Waals surface area contributed by atoms with Gasteiger partial charge in [-0.25, -0.2) is 0 Å². The predicted octanol–water partition coefficient (Wildman–Crippen LogP) is 1.54. The molecule has 0 radical (unpaired) electrons. The van der Waals surface area contributed by atoms with E-state index in [1.165, 1.54) is 0 Å². The average Bonchev–Trinajstić information content (AvgIpc) is 3.06. The SMILES string of the molecule is COc1ccc2c(c1C1(O)CC1)COCO2. The minimum absolute atomic E-state index is 0.275. The number of aliphatic hydroxyl groups is 1. The Morgan fingerprint density at radius 2 is 2.19 bits per heavy atom. The van der Waals surface area contributed by atoms with Gasteiger partial charge in [0.05, 0.1) is 19.3 Å². The molecular formula is C12H14O4. The summed E-state index contributed by atoms with van der Waals surface area (Å²) in [6.45, 7) is 0.751. The Kier molecular flexibility index (Phi) is 2.09. The monoisotopic (exact) mass is 222 g/mol. The molecule has 0 aromatic heterocycles. The van der Waals surface area contributed by atoms with Crippen LogP contribution in [0.3, 0.4) is 0 Å². The van der Waals surface area contributed by atoms with Gasteiger partial charge in [0.15, 0.2) is 6.79 Å². The van der Waals surface area contributed by atoms with Crippen LogP contribution in [-0.2, 0) is 16.9 Å². The van der Waals surface area contributed by atoms with E-state index < -0.39 is 5.60 Å². The van der Waals surface area contributed by atoms with Crippen LogP contribution in [0.15, 0.2) is 12.1 Å². The largest absolute Gasteiger partial charge is 0.496 e. The summed E-state index contributed by atoms with van der Waals surface area (Å²) in [4.78, 5) is 0. The Labute approximate surface area is 93.7 Å². The van der Waals surface area contributed by atoms with Gasteiger partial charge in [-0.15, -0.1) is 0 Å². The molecule has 86 valence electrons. The lowest BCUT2D eigenvalue weighted by Gasteiger charge is -2.24. The first kappa shape index (κ1) is 9.93. The summed E-state index contributed by atoms with van der Waals surface area (Å²) in [6.07, 6.45) is 1.56. The molecule has 0 unspecified atom stereocenters. The highest BCUT2D eigenvalue weighted by Gasteiger charge is 2.46. The summed E-state index contributed by atoms with van der Waals surface area (Å²) in [6, 6.07) is 3.71. The average molecular weight is 222 g/mol. The van der Waals surface area contributed by atoms with Crippen LogP contribution in [0, 0.1) is 0 Å². The van der Waals surface area contributed by atoms with Crippen molar-refractivity contribution in [1.29, 1.82) is 0 Å². The Morgan fingerprint density at radius 1 is 1.38 bits per heavy atom. The lowest BCUT2D eigenvalue weighted by atomic mass is 9.98. The van der Waals surface area contributed by atoms with Crippen molar-refractivity contribution in [3.8, 4) is 11.5 Å². The van der Waals surface area contributed by atoms with E-state index in [4.69, 9.17) is 14.2 Å². The molecule has 1 fully saturated rings. The molecule has 4 heteroatoms. The first-order valence-corrected chi connectivity index (χ1v) is 5.38. The molecule has 4 nitrogen and oxygen atoms in total. The van der Waals surface area contributed by atoms with Gasteiger partial charge in [-0.3, -0.25) is 0 Å². The van der Waals surface area contributed by atoms with Gasteiger partial charge >= 0.3 is 0 Å². The van der Waals surface area contributed by atoms with Crippen molar-refractivity contribution in [2.75, 3.05) is 13.9 Å². The Morgan fingerprint density at radius 3 is 2.88 bits per heavy atom. The molecule has 1 aliphatic carbocycles. The van der Waals surface area contributed by atoms with Crippen LogP contribution < -0.4 is 9.47 Å². The Balaban J connectivity index is 2.17. The van der Waals surface area contributed by atoms with E-state index in [0.717, 1.165) is 29.7 Å². The van der Waals surface area contributed by atoms with E-state index in [0.29, 0.717) is 12.4 Å². The normalized spacial score (nSPS) is 20.9. The molecule has 1 saturated carbocycles. The van der Waals surface area contributed by atoms with E-state index in [1.54, 1.807) is 7.11 Å². The summed E-state index contributed by atoms with van der Waals surface area (Å²) in [5.74, 6) is 1.51. The van der Waals surface area contributed by atoms with Crippen molar-refractivity contribution in [3.63, 3.8) is 0 Å². The maximum Gasteiger partial charge on any atom is 0.189 e. The Bertz CT molecular complexity index is 423. The molecule has 0 saturated heterocycles. The number of rotatable bonds is 2. The molecule has 16 heavy (non-hydrogen) atoms. The highest BCUT2D eigenvalue weighted by molar-refractivity contribution is 5.53. The van der Waals surface area contributed by atoms with E-state index in [9.17, 15) is 5.11 Å². The molecular weight excluding hydrogens is 208 g/mol. The number of methoxy groups -OCH3 is 1. The lowest BCUT2D eigenvalue weighted by Crippen LogP contribution is -2.18. The van der Waals surface area contributed by atoms with E-state index in [-0.39, 0.29) is 6.79 Å². The van der Waals surface area contributed by atoms with Crippen LogP contribution >= 0.6 is 0 Å². The lowest BCUT2D eigenvalue weighted by molar-refractivity contribution is -0.0187. The van der Waals surface area contributed by atoms with Crippen molar-refractivity contribution in [3.05, 3.63) is 23.3 Å². The molecule has 2 aliphatic rings. The number of hydrogen-bond acceptors (Lipinski definition) is 4. The van der Waals surface area contributed by atoms with Gasteiger partial charge in [-0.1, -0.05) is 0 Å². The highest BCUT2D eigenvalue weighted by Crippen LogP contribution is 2.52. The van der Waals surface area contributed by atoms with Gasteiger partial charge < -0.3 is 19.3 Å². The number of hydrogen-bond donors (Lipinski definition) is 1. The summed E-state index contributed by atoms with van der Waals surface area (Å²) in [5.41, 5.74) is 1.03. The summed E-state index contributed by atoms with van der Waals surface area (Å²) in [7, 11) is 1.61. The third-order valence-electron chi connectivity index (χ3n) is 3.18. The molecule has 1 N–H and O–H groups in total. The van der Waals surface area contributed by atoms with Gasteiger partial charge in [0.2, 0.25) is 0 Å². The van der Waals surface area contributed by atoms with Crippen molar-refractivity contribution in [1.82, 2.24) is 0 Å². The topological polar surface area (TPSA) is 47.9 Å². The zero-order valence-electron chi connectivity index (χ0n) is 9.16. The molecule has 1 aromatic carbocycles. The van der Waals surface area contributed by atoms with E-state index in [1.807, 2.05) is 12.1 Å². The van der Waals surface area contributed by atoms with E-state index in [2.05, 4.69) is 0 Å². The fraction of sp³-hybridized carbons (Fsp3) is 0.500. The summed E-state index contributed by atoms with van der Waals surface area (Å²) < 4.78 is 16.0. The van der Waals surface area contributed by atoms with Crippen LogP contribution in [0.25, 0.3) is 0 Å². The quantitative estimate of drug-likeness (QED) is 0.824. The molecule has 1 aliphatic heterocycles. The van der Waals surface area contributed by atoms with Gasteiger partial charge in [0.1, 0.15) is 11.5 Å². The second-order valence-electron chi connectivity index (χ2n) is 4.26. The fourth-order valence-electron chi connectivity index (χ4n) is 2.18. The van der Waals surface area contributed by atoms with Crippen molar-refractivity contribution >= 4 is 0 Å². The first-order valence-electron chi connectivity index (χ1n) is 5.38. The minimum Gasteiger partial charge on any atom is -0.496 e. The molecule has 0 amide bonds. The first-order chi connectivity index (χ1) is 7.74. The number of benzene rings is 1. The summed E-state index contributed by atoms with van der Waals surface area (Å²) in [5, 5.41) is 10.3. The number of fused-ring (bicyclic) bond motifs is 1. The van der Waals surface area contributed by atoms with Gasteiger partial charge in [-0.05, 0) is 25.0 Å². The molecule has 0 bridgehead atoms. The minimum atomic E-state index is -0.735. The van der Waals surface area contributed by atoms with Crippen molar-refractivity contribution < 1.29 is 19.3 Å².